The second-order valence-electron chi connectivity index (χ2n) is 6.62. The molecule has 0 aliphatic carbocycles. The minimum atomic E-state index is -0.720. The van der Waals surface area contributed by atoms with Gasteiger partial charge < -0.3 is 14.6 Å². The zero-order valence-corrected chi connectivity index (χ0v) is 15.2. The Morgan fingerprint density at radius 2 is 2.14 bits per heavy atom. The molecule has 1 aromatic heterocycles. The Balaban J connectivity index is 1.71. The van der Waals surface area contributed by atoms with Crippen LogP contribution in [0.15, 0.2) is 36.4 Å². The highest BCUT2D eigenvalue weighted by molar-refractivity contribution is 5.95. The molecule has 2 heterocycles. The summed E-state index contributed by atoms with van der Waals surface area (Å²) in [6.45, 7) is 2.96. The number of nitrogens with zero attached hydrogens (tertiary/aromatic N) is 2. The molecule has 0 fully saturated rings. The van der Waals surface area contributed by atoms with Crippen molar-refractivity contribution in [1.82, 2.24) is 4.98 Å². The SMILES string of the molecule is CCOC(=O)c1cc(N2CCc3[nH]c4ccc(F)cc4c3C2)ccc1[N+](=O)[O-]. The number of hydrogen-bond donors (Lipinski definition) is 1. The van der Waals surface area contributed by atoms with E-state index < -0.39 is 10.9 Å². The van der Waals surface area contributed by atoms with Gasteiger partial charge in [-0.1, -0.05) is 0 Å². The Labute approximate surface area is 159 Å². The number of halogens is 1. The van der Waals surface area contributed by atoms with Crippen molar-refractivity contribution in [3.05, 3.63) is 69.2 Å². The highest BCUT2D eigenvalue weighted by atomic mass is 19.1. The van der Waals surface area contributed by atoms with Crippen LogP contribution >= 0.6 is 0 Å². The first-order chi connectivity index (χ1) is 13.5. The van der Waals surface area contributed by atoms with Gasteiger partial charge in [0.1, 0.15) is 11.4 Å². The summed E-state index contributed by atoms with van der Waals surface area (Å²) in [5.74, 6) is -1.02. The topological polar surface area (TPSA) is 88.5 Å². The first kappa shape index (κ1) is 18.0. The van der Waals surface area contributed by atoms with Crippen molar-refractivity contribution in [3.63, 3.8) is 0 Å². The maximum absolute atomic E-state index is 13.7. The van der Waals surface area contributed by atoms with Gasteiger partial charge in [0.2, 0.25) is 0 Å². The first-order valence-corrected chi connectivity index (χ1v) is 8.97. The van der Waals surface area contributed by atoms with Crippen LogP contribution in [0.2, 0.25) is 0 Å². The number of nitro groups is 1. The Hall–Kier alpha value is -3.42. The lowest BCUT2D eigenvalue weighted by Gasteiger charge is -2.29. The molecular formula is C20H18FN3O4. The summed E-state index contributed by atoms with van der Waals surface area (Å²) in [6, 6.07) is 9.10. The number of hydrogen-bond acceptors (Lipinski definition) is 5. The van der Waals surface area contributed by atoms with E-state index in [1.165, 1.54) is 24.3 Å². The number of aromatic amines is 1. The monoisotopic (exact) mass is 383 g/mol. The van der Waals surface area contributed by atoms with Gasteiger partial charge in [0.15, 0.2) is 0 Å². The number of fused-ring (bicyclic) bond motifs is 3. The molecule has 144 valence electrons. The van der Waals surface area contributed by atoms with Gasteiger partial charge in [0, 0.05) is 53.4 Å². The summed E-state index contributed by atoms with van der Waals surface area (Å²) >= 11 is 0. The van der Waals surface area contributed by atoms with Gasteiger partial charge in [-0.2, -0.15) is 0 Å². The normalized spacial score (nSPS) is 13.4. The van der Waals surface area contributed by atoms with E-state index in [1.54, 1.807) is 19.1 Å². The average molecular weight is 383 g/mol. The molecule has 0 amide bonds. The van der Waals surface area contributed by atoms with Gasteiger partial charge in [0.05, 0.1) is 11.5 Å². The number of aromatic nitrogens is 1. The molecule has 2 aromatic carbocycles. The summed E-state index contributed by atoms with van der Waals surface area (Å²) in [6.07, 6.45) is 0.720. The molecule has 1 N–H and O–H groups in total. The highest BCUT2D eigenvalue weighted by Gasteiger charge is 2.26. The van der Waals surface area contributed by atoms with Crippen LogP contribution in [-0.4, -0.2) is 29.0 Å². The van der Waals surface area contributed by atoms with E-state index in [2.05, 4.69) is 4.98 Å². The van der Waals surface area contributed by atoms with Crippen molar-refractivity contribution in [2.24, 2.45) is 0 Å². The third-order valence-corrected chi connectivity index (χ3v) is 4.97. The smallest absolute Gasteiger partial charge is 0.345 e. The molecule has 28 heavy (non-hydrogen) atoms. The van der Waals surface area contributed by atoms with Crippen LogP contribution in [0.25, 0.3) is 10.9 Å². The highest BCUT2D eigenvalue weighted by Crippen LogP contribution is 2.33. The van der Waals surface area contributed by atoms with Crippen LogP contribution in [-0.2, 0) is 17.7 Å². The van der Waals surface area contributed by atoms with Crippen LogP contribution in [0.5, 0.6) is 0 Å². The van der Waals surface area contributed by atoms with Gasteiger partial charge in [0.25, 0.3) is 5.69 Å². The predicted octanol–water partition coefficient (Wildman–Crippen LogP) is 3.95. The molecule has 0 spiro atoms. The third kappa shape index (κ3) is 3.06. The predicted molar refractivity (Wildman–Crippen MR) is 102 cm³/mol. The Morgan fingerprint density at radius 1 is 1.32 bits per heavy atom. The maximum Gasteiger partial charge on any atom is 0.345 e. The van der Waals surface area contributed by atoms with E-state index in [0.717, 1.165) is 28.6 Å². The summed E-state index contributed by atoms with van der Waals surface area (Å²) in [5.41, 5.74) is 3.27. The number of H-pyrrole nitrogens is 1. The minimum Gasteiger partial charge on any atom is -0.462 e. The van der Waals surface area contributed by atoms with Gasteiger partial charge in [-0.05, 0) is 37.3 Å². The lowest BCUT2D eigenvalue weighted by Crippen LogP contribution is -2.30. The lowest BCUT2D eigenvalue weighted by molar-refractivity contribution is -0.385. The van der Waals surface area contributed by atoms with Gasteiger partial charge in [-0.3, -0.25) is 10.1 Å². The standard InChI is InChI=1S/C20H18FN3O4/c1-2-28-20(25)15-10-13(4-6-19(15)24(26)27)23-8-7-18-16(11-23)14-9-12(21)3-5-17(14)22-18/h3-6,9-10,22H,2,7-8,11H2,1H3. The molecule has 0 bridgehead atoms. The van der Waals surface area contributed by atoms with Gasteiger partial charge in [-0.25, -0.2) is 9.18 Å². The molecule has 0 unspecified atom stereocenters. The van der Waals surface area contributed by atoms with Crippen molar-refractivity contribution >= 4 is 28.2 Å². The number of carbonyl (C=O) groups excluding carboxylic acids is 1. The van der Waals surface area contributed by atoms with Crippen LogP contribution in [0.1, 0.15) is 28.5 Å². The van der Waals surface area contributed by atoms with E-state index in [1.807, 2.05) is 4.90 Å². The fraction of sp³-hybridized carbons (Fsp3) is 0.250. The van der Waals surface area contributed by atoms with Crippen molar-refractivity contribution in [1.29, 1.82) is 0 Å². The Kier molecular flexibility index (Phi) is 4.46. The van der Waals surface area contributed by atoms with Gasteiger partial charge >= 0.3 is 5.97 Å². The number of esters is 1. The fourth-order valence-electron chi connectivity index (χ4n) is 3.66. The quantitative estimate of drug-likeness (QED) is 0.419. The molecule has 0 saturated heterocycles. The van der Waals surface area contributed by atoms with E-state index >= 15 is 0 Å². The minimum absolute atomic E-state index is 0.0693. The number of rotatable bonds is 4. The second kappa shape index (κ2) is 6.95. The largest absolute Gasteiger partial charge is 0.462 e. The maximum atomic E-state index is 13.7. The number of nitrogens with one attached hydrogen (secondary N) is 1. The lowest BCUT2D eigenvalue weighted by atomic mass is 10.0. The Morgan fingerprint density at radius 3 is 2.89 bits per heavy atom. The second-order valence-corrected chi connectivity index (χ2v) is 6.62. The molecule has 8 heteroatoms. The molecule has 0 radical (unpaired) electrons. The van der Waals surface area contributed by atoms with Gasteiger partial charge in [-0.15, -0.1) is 0 Å². The fourth-order valence-corrected chi connectivity index (χ4v) is 3.66. The van der Waals surface area contributed by atoms with E-state index in [-0.39, 0.29) is 23.7 Å². The molecule has 7 nitrogen and oxygen atoms in total. The molecule has 0 atom stereocenters. The van der Waals surface area contributed by atoms with E-state index in [4.69, 9.17) is 4.74 Å². The first-order valence-electron chi connectivity index (χ1n) is 8.97. The molecule has 4 rings (SSSR count). The van der Waals surface area contributed by atoms with Crippen LogP contribution in [0.4, 0.5) is 15.8 Å². The Bertz CT molecular complexity index is 1090. The third-order valence-electron chi connectivity index (χ3n) is 4.97. The van der Waals surface area contributed by atoms with Crippen molar-refractivity contribution < 1.29 is 18.8 Å². The average Bonchev–Trinajstić information content (AvgIpc) is 3.04. The number of nitro benzene ring substituents is 1. The van der Waals surface area contributed by atoms with Crippen LogP contribution < -0.4 is 4.90 Å². The zero-order chi connectivity index (χ0) is 19.8. The van der Waals surface area contributed by atoms with E-state index in [0.29, 0.717) is 18.8 Å². The number of carbonyl (C=O) groups is 1. The van der Waals surface area contributed by atoms with Crippen molar-refractivity contribution in [3.8, 4) is 0 Å². The van der Waals surface area contributed by atoms with Crippen LogP contribution in [0.3, 0.4) is 0 Å². The summed E-state index contributed by atoms with van der Waals surface area (Å²) in [4.78, 5) is 28.2. The molecular weight excluding hydrogens is 365 g/mol. The number of ether oxygens (including phenoxy) is 1. The summed E-state index contributed by atoms with van der Waals surface area (Å²) in [5, 5.41) is 12.1. The summed E-state index contributed by atoms with van der Waals surface area (Å²) < 4.78 is 18.7. The molecule has 1 aliphatic rings. The molecule has 3 aromatic rings. The molecule has 1 aliphatic heterocycles. The van der Waals surface area contributed by atoms with E-state index in [9.17, 15) is 19.3 Å². The van der Waals surface area contributed by atoms with Crippen LogP contribution in [0, 0.1) is 15.9 Å². The summed E-state index contributed by atoms with van der Waals surface area (Å²) in [7, 11) is 0. The van der Waals surface area contributed by atoms with Crippen molar-refractivity contribution in [2.45, 2.75) is 19.9 Å². The number of anilines is 1. The van der Waals surface area contributed by atoms with Crippen molar-refractivity contribution in [2.75, 3.05) is 18.1 Å². The molecule has 0 saturated carbocycles. The number of benzene rings is 2. The zero-order valence-electron chi connectivity index (χ0n) is 15.2.